The molecule has 35 heavy (non-hydrogen) atoms. The molecular formula is C26H19N3O5S. The quantitative estimate of drug-likeness (QED) is 0.250. The van der Waals surface area contributed by atoms with E-state index in [2.05, 4.69) is 5.32 Å². The Bertz CT molecular complexity index is 1560. The number of carbonyl (C=O) groups is 3. The first kappa shape index (κ1) is 22.3. The second-order valence-corrected chi connectivity index (χ2v) is 8.43. The van der Waals surface area contributed by atoms with E-state index < -0.39 is 17.8 Å². The molecule has 2 aromatic carbocycles. The number of aromatic nitrogens is 1. The first-order valence-corrected chi connectivity index (χ1v) is 11.1. The lowest BCUT2D eigenvalue weighted by Gasteiger charge is -2.29. The van der Waals surface area contributed by atoms with Gasteiger partial charge in [-0.15, -0.1) is 0 Å². The average molecular weight is 486 g/mol. The molecule has 4 aromatic rings. The van der Waals surface area contributed by atoms with Gasteiger partial charge < -0.3 is 14.1 Å². The summed E-state index contributed by atoms with van der Waals surface area (Å²) in [5.41, 5.74) is 2.89. The topological polar surface area (TPSA) is 105 Å². The summed E-state index contributed by atoms with van der Waals surface area (Å²) in [4.78, 5) is 38.7. The molecular weight excluding hydrogens is 466 g/mol. The number of carbonyl (C=O) groups excluding carboxylic acids is 2. The molecule has 1 saturated heterocycles. The predicted octanol–water partition coefficient (Wildman–Crippen LogP) is 4.12. The number of amides is 2. The third kappa shape index (κ3) is 4.02. The Morgan fingerprint density at radius 3 is 2.57 bits per heavy atom. The third-order valence-corrected chi connectivity index (χ3v) is 6.06. The Morgan fingerprint density at radius 2 is 1.83 bits per heavy atom. The molecule has 0 bridgehead atoms. The highest BCUT2D eigenvalue weighted by Crippen LogP contribution is 2.28. The van der Waals surface area contributed by atoms with Gasteiger partial charge in [0.25, 0.3) is 11.8 Å². The Kier molecular flexibility index (Phi) is 5.54. The Labute approximate surface area is 205 Å². The number of carboxylic acid groups (broad SMARTS) is 1. The molecule has 9 heteroatoms. The summed E-state index contributed by atoms with van der Waals surface area (Å²) in [6.07, 6.45) is 3.35. The van der Waals surface area contributed by atoms with Gasteiger partial charge in [-0.1, -0.05) is 36.4 Å². The van der Waals surface area contributed by atoms with E-state index in [1.807, 2.05) is 47.9 Å². The summed E-state index contributed by atoms with van der Waals surface area (Å²) >= 11 is 5.30. The number of furan rings is 1. The van der Waals surface area contributed by atoms with E-state index in [9.17, 15) is 14.4 Å². The summed E-state index contributed by atoms with van der Waals surface area (Å²) in [6, 6.07) is 17.8. The molecule has 5 rings (SSSR count). The molecule has 0 saturated carbocycles. The van der Waals surface area contributed by atoms with E-state index >= 15 is 0 Å². The minimum Gasteiger partial charge on any atom is -0.475 e. The van der Waals surface area contributed by atoms with Crippen LogP contribution in [-0.2, 0) is 16.1 Å². The summed E-state index contributed by atoms with van der Waals surface area (Å²) < 4.78 is 7.28. The zero-order chi connectivity index (χ0) is 24.7. The molecule has 8 nitrogen and oxygen atoms in total. The molecule has 1 aliphatic rings. The van der Waals surface area contributed by atoms with Crippen LogP contribution in [0.1, 0.15) is 27.4 Å². The number of aromatic carboxylic acids is 1. The first-order chi connectivity index (χ1) is 16.8. The zero-order valence-electron chi connectivity index (χ0n) is 18.5. The summed E-state index contributed by atoms with van der Waals surface area (Å²) in [5.74, 6) is -1.90. The molecule has 174 valence electrons. The van der Waals surface area contributed by atoms with Crippen molar-refractivity contribution >= 4 is 57.8 Å². The smallest absolute Gasteiger partial charge is 0.371 e. The van der Waals surface area contributed by atoms with E-state index in [0.29, 0.717) is 17.0 Å². The van der Waals surface area contributed by atoms with Crippen LogP contribution in [0.4, 0.5) is 5.69 Å². The second-order valence-electron chi connectivity index (χ2n) is 8.04. The highest BCUT2D eigenvalue weighted by atomic mass is 32.1. The van der Waals surface area contributed by atoms with E-state index in [0.717, 1.165) is 16.5 Å². The average Bonchev–Trinajstić information content (AvgIpc) is 3.43. The van der Waals surface area contributed by atoms with Gasteiger partial charge in [0.05, 0.1) is 12.2 Å². The van der Waals surface area contributed by atoms with Crippen LogP contribution in [0.5, 0.6) is 0 Å². The summed E-state index contributed by atoms with van der Waals surface area (Å²) in [6.45, 7) is 2.14. The van der Waals surface area contributed by atoms with Gasteiger partial charge in [0.1, 0.15) is 11.3 Å². The molecule has 1 fully saturated rings. The SMILES string of the molecule is Cc1ccccc1N1C(=O)/C(=C/c2cn(Cc3ccc(C(=O)O)o3)c3ccccc23)C(=O)NC1=S. The normalized spacial score (nSPS) is 15.2. The predicted molar refractivity (Wildman–Crippen MR) is 134 cm³/mol. The number of para-hydroxylation sites is 2. The van der Waals surface area contributed by atoms with Crippen LogP contribution < -0.4 is 10.2 Å². The number of anilines is 1. The van der Waals surface area contributed by atoms with E-state index in [1.165, 1.54) is 11.0 Å². The Balaban J connectivity index is 1.56. The fourth-order valence-electron chi connectivity index (χ4n) is 4.11. The maximum atomic E-state index is 13.4. The van der Waals surface area contributed by atoms with Crippen molar-refractivity contribution in [2.45, 2.75) is 13.5 Å². The number of thiocarbonyl (C=S) groups is 1. The van der Waals surface area contributed by atoms with Crippen molar-refractivity contribution in [2.24, 2.45) is 0 Å². The van der Waals surface area contributed by atoms with Crippen LogP contribution in [0.25, 0.3) is 17.0 Å². The second kappa shape index (κ2) is 8.69. The molecule has 2 amide bonds. The molecule has 0 spiro atoms. The first-order valence-electron chi connectivity index (χ1n) is 10.7. The number of nitrogens with one attached hydrogen (secondary N) is 1. The lowest BCUT2D eigenvalue weighted by molar-refractivity contribution is -0.122. The Hall–Kier alpha value is -4.50. The number of benzene rings is 2. The van der Waals surface area contributed by atoms with Crippen LogP contribution >= 0.6 is 12.2 Å². The lowest BCUT2D eigenvalue weighted by atomic mass is 10.1. The van der Waals surface area contributed by atoms with Gasteiger partial charge in [-0.25, -0.2) is 4.79 Å². The summed E-state index contributed by atoms with van der Waals surface area (Å²) in [7, 11) is 0. The van der Waals surface area contributed by atoms with Crippen molar-refractivity contribution in [3.05, 3.63) is 95.1 Å². The van der Waals surface area contributed by atoms with Gasteiger partial charge in [0, 0.05) is 22.7 Å². The molecule has 0 aliphatic carbocycles. The molecule has 0 unspecified atom stereocenters. The van der Waals surface area contributed by atoms with Gasteiger partial charge in [-0.2, -0.15) is 0 Å². The minimum absolute atomic E-state index is 0.0286. The fraction of sp³-hybridized carbons (Fsp3) is 0.0769. The molecule has 3 heterocycles. The monoisotopic (exact) mass is 485 g/mol. The molecule has 0 radical (unpaired) electrons. The fourth-order valence-corrected chi connectivity index (χ4v) is 4.39. The van der Waals surface area contributed by atoms with E-state index in [-0.39, 0.29) is 23.0 Å². The maximum absolute atomic E-state index is 13.4. The minimum atomic E-state index is -1.14. The van der Waals surface area contributed by atoms with Crippen molar-refractivity contribution in [3.63, 3.8) is 0 Å². The van der Waals surface area contributed by atoms with Crippen molar-refractivity contribution in [1.29, 1.82) is 0 Å². The van der Waals surface area contributed by atoms with Gasteiger partial charge >= 0.3 is 5.97 Å². The summed E-state index contributed by atoms with van der Waals surface area (Å²) in [5, 5.41) is 12.6. The Morgan fingerprint density at radius 1 is 1.09 bits per heavy atom. The van der Waals surface area contributed by atoms with Crippen LogP contribution in [0.3, 0.4) is 0 Å². The van der Waals surface area contributed by atoms with Crippen molar-refractivity contribution < 1.29 is 23.9 Å². The number of carboxylic acids is 1. The molecule has 0 atom stereocenters. The highest BCUT2D eigenvalue weighted by molar-refractivity contribution is 7.80. The number of nitrogens with zero attached hydrogens (tertiary/aromatic N) is 2. The number of aryl methyl sites for hydroxylation is 1. The zero-order valence-corrected chi connectivity index (χ0v) is 19.3. The third-order valence-electron chi connectivity index (χ3n) is 5.78. The van der Waals surface area contributed by atoms with E-state index in [4.69, 9.17) is 21.7 Å². The number of hydrogen-bond acceptors (Lipinski definition) is 5. The van der Waals surface area contributed by atoms with Gasteiger partial charge in [-0.3, -0.25) is 19.8 Å². The van der Waals surface area contributed by atoms with Crippen molar-refractivity contribution in [2.75, 3.05) is 4.90 Å². The molecule has 1 aliphatic heterocycles. The number of fused-ring (bicyclic) bond motifs is 1. The van der Waals surface area contributed by atoms with E-state index in [1.54, 1.807) is 30.5 Å². The number of rotatable bonds is 5. The van der Waals surface area contributed by atoms with Crippen LogP contribution in [0.15, 0.2) is 76.9 Å². The van der Waals surface area contributed by atoms with Crippen LogP contribution in [0.2, 0.25) is 0 Å². The largest absolute Gasteiger partial charge is 0.475 e. The lowest BCUT2D eigenvalue weighted by Crippen LogP contribution is -2.54. The molecule has 2 N–H and O–H groups in total. The van der Waals surface area contributed by atoms with Gasteiger partial charge in [-0.05, 0) is 55.0 Å². The van der Waals surface area contributed by atoms with Crippen molar-refractivity contribution in [3.8, 4) is 0 Å². The van der Waals surface area contributed by atoms with Crippen molar-refractivity contribution in [1.82, 2.24) is 9.88 Å². The number of hydrogen-bond donors (Lipinski definition) is 2. The standard InChI is InChI=1S/C26H19N3O5S/c1-15-6-2-4-8-20(15)29-24(31)19(23(30)27-26(29)35)12-16-13-28(21-9-5-3-7-18(16)21)14-17-10-11-22(34-17)25(32)33/h2-13H,14H2,1H3,(H,32,33)(H,27,30,35)/b19-12+. The molecule has 2 aromatic heterocycles. The van der Waals surface area contributed by atoms with Gasteiger partial charge in [0.2, 0.25) is 5.76 Å². The van der Waals surface area contributed by atoms with Gasteiger partial charge in [0.15, 0.2) is 5.11 Å². The maximum Gasteiger partial charge on any atom is 0.371 e. The van der Waals surface area contributed by atoms with Crippen LogP contribution in [-0.4, -0.2) is 32.6 Å². The van der Waals surface area contributed by atoms with Crippen LogP contribution in [0, 0.1) is 6.92 Å². The highest BCUT2D eigenvalue weighted by Gasteiger charge is 2.35.